The summed E-state index contributed by atoms with van der Waals surface area (Å²) in [7, 11) is 0. The topological polar surface area (TPSA) is 79.5 Å². The molecule has 0 aliphatic carbocycles. The fraction of sp³-hybridized carbons (Fsp3) is 0.250. The minimum absolute atomic E-state index is 0.0741. The predicted octanol–water partition coefficient (Wildman–Crippen LogP) is 1.25. The maximum absolute atomic E-state index is 11.3. The zero-order valence-corrected chi connectivity index (χ0v) is 8.87. The van der Waals surface area contributed by atoms with Gasteiger partial charge in [0.2, 0.25) is 0 Å². The second-order valence-electron chi connectivity index (χ2n) is 2.64. The standard InChI is InChI=1S/C8H8BrNO4/c1-4(8(12)13)10-7(11)5-2-3-6(9)14-5/h2-4H,1H3,(H,10,11)(H,12,13). The lowest BCUT2D eigenvalue weighted by atomic mass is 10.3. The molecule has 0 saturated heterocycles. The van der Waals surface area contributed by atoms with Crippen LogP contribution < -0.4 is 5.32 Å². The average Bonchev–Trinajstić information content (AvgIpc) is 2.51. The van der Waals surface area contributed by atoms with E-state index in [2.05, 4.69) is 21.2 Å². The second-order valence-corrected chi connectivity index (χ2v) is 3.42. The highest BCUT2D eigenvalue weighted by Crippen LogP contribution is 2.13. The summed E-state index contributed by atoms with van der Waals surface area (Å²) in [6.07, 6.45) is 0. The van der Waals surface area contributed by atoms with E-state index in [4.69, 9.17) is 9.52 Å². The van der Waals surface area contributed by atoms with Crippen molar-refractivity contribution in [2.45, 2.75) is 13.0 Å². The van der Waals surface area contributed by atoms with Crippen molar-refractivity contribution in [1.29, 1.82) is 0 Å². The fourth-order valence-corrected chi connectivity index (χ4v) is 1.07. The Labute approximate surface area is 88.2 Å². The molecule has 1 aromatic rings. The number of nitrogens with one attached hydrogen (secondary N) is 1. The maximum atomic E-state index is 11.3. The molecule has 0 saturated carbocycles. The summed E-state index contributed by atoms with van der Waals surface area (Å²) in [5.74, 6) is -1.57. The molecule has 1 heterocycles. The zero-order valence-electron chi connectivity index (χ0n) is 7.28. The number of amides is 1. The van der Waals surface area contributed by atoms with Crippen molar-refractivity contribution in [3.05, 3.63) is 22.6 Å². The van der Waals surface area contributed by atoms with Crippen molar-refractivity contribution in [2.24, 2.45) is 0 Å². The van der Waals surface area contributed by atoms with Gasteiger partial charge in [-0.25, -0.2) is 0 Å². The van der Waals surface area contributed by atoms with Gasteiger partial charge in [-0.2, -0.15) is 0 Å². The maximum Gasteiger partial charge on any atom is 0.325 e. The van der Waals surface area contributed by atoms with Gasteiger partial charge < -0.3 is 14.8 Å². The van der Waals surface area contributed by atoms with E-state index in [0.717, 1.165) is 0 Å². The van der Waals surface area contributed by atoms with E-state index in [1.165, 1.54) is 13.0 Å². The third-order valence-corrected chi connectivity index (χ3v) is 1.94. The van der Waals surface area contributed by atoms with Crippen molar-refractivity contribution in [3.63, 3.8) is 0 Å². The van der Waals surface area contributed by atoms with E-state index in [0.29, 0.717) is 4.67 Å². The molecule has 0 bridgehead atoms. The third kappa shape index (κ3) is 2.59. The lowest BCUT2D eigenvalue weighted by Crippen LogP contribution is -2.38. The summed E-state index contributed by atoms with van der Waals surface area (Å²) in [5.41, 5.74) is 0. The molecule has 0 fully saturated rings. The average molecular weight is 262 g/mol. The van der Waals surface area contributed by atoms with E-state index in [-0.39, 0.29) is 5.76 Å². The van der Waals surface area contributed by atoms with Crippen LogP contribution in [0.3, 0.4) is 0 Å². The predicted molar refractivity (Wildman–Crippen MR) is 51.0 cm³/mol. The Hall–Kier alpha value is -1.30. The number of carbonyl (C=O) groups is 2. The number of rotatable bonds is 3. The first-order chi connectivity index (χ1) is 6.50. The fourth-order valence-electron chi connectivity index (χ4n) is 0.766. The van der Waals surface area contributed by atoms with Gasteiger partial charge >= 0.3 is 5.97 Å². The van der Waals surface area contributed by atoms with Gasteiger partial charge in [0.25, 0.3) is 5.91 Å². The highest BCUT2D eigenvalue weighted by Gasteiger charge is 2.17. The summed E-state index contributed by atoms with van der Waals surface area (Å²) >= 11 is 3.03. The molecule has 1 atom stereocenters. The summed E-state index contributed by atoms with van der Waals surface area (Å²) < 4.78 is 5.36. The van der Waals surface area contributed by atoms with Gasteiger partial charge in [0.15, 0.2) is 10.4 Å². The number of furan rings is 1. The molecule has 6 heteroatoms. The SMILES string of the molecule is CC(NC(=O)c1ccc(Br)o1)C(=O)O. The Bertz CT molecular complexity index is 360. The molecule has 0 spiro atoms. The van der Waals surface area contributed by atoms with Gasteiger partial charge in [0, 0.05) is 0 Å². The Morgan fingerprint density at radius 2 is 2.21 bits per heavy atom. The van der Waals surface area contributed by atoms with Crippen molar-refractivity contribution in [1.82, 2.24) is 5.32 Å². The lowest BCUT2D eigenvalue weighted by Gasteiger charge is -2.06. The van der Waals surface area contributed by atoms with Gasteiger partial charge in [0.05, 0.1) is 0 Å². The molecule has 0 aliphatic heterocycles. The van der Waals surface area contributed by atoms with Gasteiger partial charge in [-0.05, 0) is 35.0 Å². The van der Waals surface area contributed by atoms with Crippen LogP contribution in [0.25, 0.3) is 0 Å². The Morgan fingerprint density at radius 3 is 2.64 bits per heavy atom. The molecule has 76 valence electrons. The van der Waals surface area contributed by atoms with E-state index in [1.54, 1.807) is 6.07 Å². The lowest BCUT2D eigenvalue weighted by molar-refractivity contribution is -0.138. The molecule has 0 aliphatic rings. The van der Waals surface area contributed by atoms with Crippen LogP contribution in [0.2, 0.25) is 0 Å². The van der Waals surface area contributed by atoms with Crippen molar-refractivity contribution < 1.29 is 19.1 Å². The van der Waals surface area contributed by atoms with Crippen LogP contribution in [0, 0.1) is 0 Å². The molecular weight excluding hydrogens is 254 g/mol. The van der Waals surface area contributed by atoms with Crippen LogP contribution in [-0.2, 0) is 4.79 Å². The summed E-state index contributed by atoms with van der Waals surface area (Å²) in [5, 5.41) is 10.8. The van der Waals surface area contributed by atoms with E-state index in [1.807, 2.05) is 0 Å². The Balaban J connectivity index is 2.63. The number of halogens is 1. The molecule has 1 unspecified atom stereocenters. The summed E-state index contributed by atoms with van der Waals surface area (Å²) in [4.78, 5) is 21.7. The minimum Gasteiger partial charge on any atom is -0.480 e. The molecule has 1 rings (SSSR count). The number of hydrogen-bond acceptors (Lipinski definition) is 3. The molecule has 14 heavy (non-hydrogen) atoms. The highest BCUT2D eigenvalue weighted by atomic mass is 79.9. The number of carboxylic acids is 1. The van der Waals surface area contributed by atoms with Crippen LogP contribution in [0.1, 0.15) is 17.5 Å². The van der Waals surface area contributed by atoms with Crippen LogP contribution in [-0.4, -0.2) is 23.0 Å². The van der Waals surface area contributed by atoms with Gasteiger partial charge in [0.1, 0.15) is 6.04 Å². The van der Waals surface area contributed by atoms with Gasteiger partial charge in [-0.15, -0.1) is 0 Å². The number of hydrogen-bond donors (Lipinski definition) is 2. The molecule has 0 aromatic carbocycles. The van der Waals surface area contributed by atoms with Crippen molar-refractivity contribution in [2.75, 3.05) is 0 Å². The van der Waals surface area contributed by atoms with Crippen molar-refractivity contribution >= 4 is 27.8 Å². The van der Waals surface area contributed by atoms with Crippen LogP contribution in [0.4, 0.5) is 0 Å². The molecule has 5 nitrogen and oxygen atoms in total. The molecule has 2 N–H and O–H groups in total. The van der Waals surface area contributed by atoms with E-state index in [9.17, 15) is 9.59 Å². The highest BCUT2D eigenvalue weighted by molar-refractivity contribution is 9.10. The van der Waals surface area contributed by atoms with Crippen LogP contribution in [0.5, 0.6) is 0 Å². The monoisotopic (exact) mass is 261 g/mol. The molecule has 0 radical (unpaired) electrons. The smallest absolute Gasteiger partial charge is 0.325 e. The number of carboxylic acid groups (broad SMARTS) is 1. The minimum atomic E-state index is -1.09. The van der Waals surface area contributed by atoms with Gasteiger partial charge in [-0.3, -0.25) is 9.59 Å². The molecular formula is C8H8BrNO4. The first-order valence-corrected chi connectivity index (χ1v) is 4.59. The largest absolute Gasteiger partial charge is 0.480 e. The second kappa shape index (κ2) is 4.28. The van der Waals surface area contributed by atoms with E-state index < -0.39 is 17.9 Å². The number of aliphatic carboxylic acids is 1. The number of carbonyl (C=O) groups excluding carboxylic acids is 1. The molecule has 1 aromatic heterocycles. The summed E-state index contributed by atoms with van der Waals surface area (Å²) in [6.45, 7) is 1.37. The first kappa shape index (κ1) is 10.8. The van der Waals surface area contributed by atoms with E-state index >= 15 is 0 Å². The zero-order chi connectivity index (χ0) is 10.7. The Morgan fingerprint density at radius 1 is 1.57 bits per heavy atom. The quantitative estimate of drug-likeness (QED) is 0.858. The third-order valence-electron chi connectivity index (χ3n) is 1.52. The molecule has 1 amide bonds. The van der Waals surface area contributed by atoms with Gasteiger partial charge in [-0.1, -0.05) is 0 Å². The normalized spacial score (nSPS) is 12.1. The summed E-state index contributed by atoms with van der Waals surface area (Å²) in [6, 6.07) is 2.07. The first-order valence-electron chi connectivity index (χ1n) is 3.79. The van der Waals surface area contributed by atoms with Crippen molar-refractivity contribution in [3.8, 4) is 0 Å². The van der Waals surface area contributed by atoms with Crippen LogP contribution >= 0.6 is 15.9 Å². The van der Waals surface area contributed by atoms with Crippen LogP contribution in [0.15, 0.2) is 21.2 Å². The Kier molecular flexibility index (Phi) is 3.29.